The van der Waals surface area contributed by atoms with E-state index in [2.05, 4.69) is 4.90 Å². The zero-order valence-corrected chi connectivity index (χ0v) is 13.1. The third-order valence-electron chi connectivity index (χ3n) is 4.07. The third-order valence-corrected chi connectivity index (χ3v) is 4.07. The largest absolute Gasteiger partial charge is 0.493 e. The van der Waals surface area contributed by atoms with Crippen LogP contribution in [0.4, 0.5) is 0 Å². The summed E-state index contributed by atoms with van der Waals surface area (Å²) in [5.74, 6) is 1.62. The highest BCUT2D eigenvalue weighted by Crippen LogP contribution is 2.18. The van der Waals surface area contributed by atoms with E-state index >= 15 is 0 Å². The van der Waals surface area contributed by atoms with Crippen molar-refractivity contribution in [3.05, 3.63) is 29.8 Å². The maximum absolute atomic E-state index is 5.86. The monoisotopic (exact) mass is 292 g/mol. The van der Waals surface area contributed by atoms with Crippen LogP contribution in [-0.4, -0.2) is 44.9 Å². The lowest BCUT2D eigenvalue weighted by Gasteiger charge is -2.32. The Morgan fingerprint density at radius 3 is 3.00 bits per heavy atom. The second kappa shape index (κ2) is 9.03. The Morgan fingerprint density at radius 1 is 1.33 bits per heavy atom. The van der Waals surface area contributed by atoms with Crippen LogP contribution < -0.4 is 10.5 Å². The SMILES string of the molecule is COCC1CCCN(CCCOc2ccccc2CN)C1. The third kappa shape index (κ3) is 5.30. The molecule has 21 heavy (non-hydrogen) atoms. The van der Waals surface area contributed by atoms with Crippen LogP contribution in [0.15, 0.2) is 24.3 Å². The van der Waals surface area contributed by atoms with Crippen LogP contribution in [0.1, 0.15) is 24.8 Å². The summed E-state index contributed by atoms with van der Waals surface area (Å²) in [4.78, 5) is 2.53. The van der Waals surface area contributed by atoms with Crippen molar-refractivity contribution < 1.29 is 9.47 Å². The molecule has 0 radical (unpaired) electrons. The molecular weight excluding hydrogens is 264 g/mol. The van der Waals surface area contributed by atoms with Crippen LogP contribution >= 0.6 is 0 Å². The van der Waals surface area contributed by atoms with E-state index in [4.69, 9.17) is 15.2 Å². The highest BCUT2D eigenvalue weighted by atomic mass is 16.5. The zero-order chi connectivity index (χ0) is 14.9. The summed E-state index contributed by atoms with van der Waals surface area (Å²) in [7, 11) is 1.79. The normalized spacial score (nSPS) is 19.6. The summed E-state index contributed by atoms with van der Waals surface area (Å²) in [6, 6.07) is 8.01. The van der Waals surface area contributed by atoms with Crippen molar-refractivity contribution in [2.75, 3.05) is 40.0 Å². The molecule has 0 aliphatic carbocycles. The van der Waals surface area contributed by atoms with E-state index < -0.39 is 0 Å². The van der Waals surface area contributed by atoms with Gasteiger partial charge in [0.05, 0.1) is 13.2 Å². The first-order chi connectivity index (χ1) is 10.3. The number of nitrogens with zero attached hydrogens (tertiary/aromatic N) is 1. The second-order valence-electron chi connectivity index (χ2n) is 5.78. The molecule has 1 aliphatic heterocycles. The fourth-order valence-electron chi connectivity index (χ4n) is 3.01. The van der Waals surface area contributed by atoms with Crippen LogP contribution in [0.5, 0.6) is 5.75 Å². The van der Waals surface area contributed by atoms with Gasteiger partial charge in [-0.1, -0.05) is 18.2 Å². The minimum absolute atomic E-state index is 0.529. The van der Waals surface area contributed by atoms with Gasteiger partial charge in [0.2, 0.25) is 0 Å². The Balaban J connectivity index is 1.67. The lowest BCUT2D eigenvalue weighted by molar-refractivity contribution is 0.0879. The fraction of sp³-hybridized carbons (Fsp3) is 0.647. The van der Waals surface area contributed by atoms with Crippen LogP contribution in [0, 0.1) is 5.92 Å². The van der Waals surface area contributed by atoms with Gasteiger partial charge in [-0.05, 0) is 37.8 Å². The summed E-state index contributed by atoms with van der Waals surface area (Å²) in [5.41, 5.74) is 6.79. The van der Waals surface area contributed by atoms with Gasteiger partial charge in [-0.15, -0.1) is 0 Å². The van der Waals surface area contributed by atoms with Gasteiger partial charge in [0.25, 0.3) is 0 Å². The van der Waals surface area contributed by atoms with E-state index in [9.17, 15) is 0 Å². The number of hydrogen-bond donors (Lipinski definition) is 1. The molecule has 1 fully saturated rings. The Morgan fingerprint density at radius 2 is 2.19 bits per heavy atom. The van der Waals surface area contributed by atoms with Gasteiger partial charge in [-0.3, -0.25) is 0 Å². The maximum Gasteiger partial charge on any atom is 0.123 e. The average molecular weight is 292 g/mol. The number of para-hydroxylation sites is 1. The van der Waals surface area contributed by atoms with Crippen LogP contribution in [0.25, 0.3) is 0 Å². The molecule has 2 rings (SSSR count). The first-order valence-corrected chi connectivity index (χ1v) is 7.95. The van der Waals surface area contributed by atoms with Crippen molar-refractivity contribution in [2.45, 2.75) is 25.8 Å². The Kier molecular flexibility index (Phi) is 7.00. The molecule has 0 amide bonds. The molecule has 2 N–H and O–H groups in total. The topological polar surface area (TPSA) is 47.7 Å². The van der Waals surface area contributed by atoms with Crippen molar-refractivity contribution in [2.24, 2.45) is 11.7 Å². The quantitative estimate of drug-likeness (QED) is 0.747. The highest BCUT2D eigenvalue weighted by molar-refractivity contribution is 5.32. The number of likely N-dealkylation sites (tertiary alicyclic amines) is 1. The maximum atomic E-state index is 5.86. The molecule has 0 saturated carbocycles. The fourth-order valence-corrected chi connectivity index (χ4v) is 3.01. The Labute approximate surface area is 128 Å². The van der Waals surface area contributed by atoms with E-state index in [1.165, 1.54) is 19.4 Å². The molecule has 1 saturated heterocycles. The number of rotatable bonds is 8. The van der Waals surface area contributed by atoms with Crippen LogP contribution in [-0.2, 0) is 11.3 Å². The lowest BCUT2D eigenvalue weighted by Crippen LogP contribution is -2.38. The van der Waals surface area contributed by atoms with Crippen molar-refractivity contribution in [3.8, 4) is 5.75 Å². The number of methoxy groups -OCH3 is 1. The second-order valence-corrected chi connectivity index (χ2v) is 5.78. The molecule has 0 bridgehead atoms. The predicted octanol–water partition coefficient (Wildman–Crippen LogP) is 2.27. The van der Waals surface area contributed by atoms with E-state index in [0.29, 0.717) is 12.5 Å². The van der Waals surface area contributed by atoms with Gasteiger partial charge in [-0.2, -0.15) is 0 Å². The molecule has 1 atom stereocenters. The molecule has 4 heteroatoms. The van der Waals surface area contributed by atoms with Gasteiger partial charge >= 0.3 is 0 Å². The number of nitrogens with two attached hydrogens (primary N) is 1. The molecule has 1 aromatic carbocycles. The number of hydrogen-bond acceptors (Lipinski definition) is 4. The summed E-state index contributed by atoms with van der Waals surface area (Å²) >= 11 is 0. The van der Waals surface area contributed by atoms with Gasteiger partial charge in [0, 0.05) is 32.3 Å². The predicted molar refractivity (Wildman–Crippen MR) is 85.5 cm³/mol. The van der Waals surface area contributed by atoms with Gasteiger partial charge in [0.15, 0.2) is 0 Å². The van der Waals surface area contributed by atoms with E-state index in [-0.39, 0.29) is 0 Å². The van der Waals surface area contributed by atoms with Gasteiger partial charge < -0.3 is 20.1 Å². The number of ether oxygens (including phenoxy) is 2. The first-order valence-electron chi connectivity index (χ1n) is 7.95. The zero-order valence-electron chi connectivity index (χ0n) is 13.1. The summed E-state index contributed by atoms with van der Waals surface area (Å²) in [6.07, 6.45) is 3.63. The standard InChI is InChI=1S/C17H28N2O2/c1-20-14-15-6-4-9-19(13-15)10-5-11-21-17-8-3-2-7-16(17)12-18/h2-3,7-8,15H,4-6,9-14,18H2,1H3. The Bertz CT molecular complexity index is 410. The summed E-state index contributed by atoms with van der Waals surface area (Å²) in [6.45, 7) is 5.64. The molecule has 1 heterocycles. The number of benzene rings is 1. The van der Waals surface area contributed by atoms with Crippen molar-refractivity contribution in [3.63, 3.8) is 0 Å². The molecule has 118 valence electrons. The van der Waals surface area contributed by atoms with E-state index in [1.54, 1.807) is 7.11 Å². The molecule has 1 unspecified atom stereocenters. The highest BCUT2D eigenvalue weighted by Gasteiger charge is 2.19. The van der Waals surface area contributed by atoms with Crippen molar-refractivity contribution in [1.82, 2.24) is 4.90 Å². The van der Waals surface area contributed by atoms with Crippen molar-refractivity contribution in [1.29, 1.82) is 0 Å². The van der Waals surface area contributed by atoms with Gasteiger partial charge in [0.1, 0.15) is 5.75 Å². The van der Waals surface area contributed by atoms with Crippen molar-refractivity contribution >= 4 is 0 Å². The van der Waals surface area contributed by atoms with Gasteiger partial charge in [-0.25, -0.2) is 0 Å². The van der Waals surface area contributed by atoms with Crippen LogP contribution in [0.2, 0.25) is 0 Å². The summed E-state index contributed by atoms with van der Waals surface area (Å²) < 4.78 is 11.1. The molecule has 4 nitrogen and oxygen atoms in total. The molecule has 0 aromatic heterocycles. The molecule has 1 aliphatic rings. The minimum Gasteiger partial charge on any atom is -0.493 e. The smallest absolute Gasteiger partial charge is 0.123 e. The van der Waals surface area contributed by atoms with Crippen LogP contribution in [0.3, 0.4) is 0 Å². The van der Waals surface area contributed by atoms with E-state index in [0.717, 1.165) is 44.0 Å². The minimum atomic E-state index is 0.529. The Hall–Kier alpha value is -1.10. The molecule has 0 spiro atoms. The van der Waals surface area contributed by atoms with E-state index in [1.807, 2.05) is 24.3 Å². The molecular formula is C17H28N2O2. The lowest BCUT2D eigenvalue weighted by atomic mass is 9.99. The average Bonchev–Trinajstić information content (AvgIpc) is 2.53. The molecule has 1 aromatic rings. The summed E-state index contributed by atoms with van der Waals surface area (Å²) in [5, 5.41) is 0. The first kappa shape index (κ1) is 16.3. The number of piperidine rings is 1.